The average Bonchev–Trinajstić information content (AvgIpc) is 3.16. The SMILES string of the molecule is Cn1cc([C@H]2CCCN2Cc2cc(=O)n3ccccc3n2)cn1. The summed E-state index contributed by atoms with van der Waals surface area (Å²) in [6.07, 6.45) is 8.05. The van der Waals surface area contributed by atoms with E-state index in [0.29, 0.717) is 18.2 Å². The Bertz CT molecular complexity index is 897. The number of fused-ring (bicyclic) bond motifs is 1. The van der Waals surface area contributed by atoms with Gasteiger partial charge >= 0.3 is 0 Å². The molecular formula is C17H19N5O. The smallest absolute Gasteiger partial charge is 0.258 e. The topological polar surface area (TPSA) is 55.4 Å². The Labute approximate surface area is 134 Å². The molecule has 0 bridgehead atoms. The number of hydrogen-bond donors (Lipinski definition) is 0. The second-order valence-electron chi connectivity index (χ2n) is 6.09. The van der Waals surface area contributed by atoms with Crippen molar-refractivity contribution < 1.29 is 0 Å². The molecule has 1 aliphatic heterocycles. The molecule has 3 aromatic rings. The molecule has 0 unspecified atom stereocenters. The Morgan fingerprint density at radius 2 is 2.26 bits per heavy atom. The summed E-state index contributed by atoms with van der Waals surface area (Å²) in [5.74, 6) is 0. The van der Waals surface area contributed by atoms with Gasteiger partial charge in [-0.05, 0) is 31.5 Å². The maximum atomic E-state index is 12.2. The van der Waals surface area contributed by atoms with Crippen LogP contribution in [0.15, 0.2) is 47.7 Å². The Morgan fingerprint density at radius 1 is 1.35 bits per heavy atom. The molecule has 1 saturated heterocycles. The largest absolute Gasteiger partial charge is 0.290 e. The third-order valence-corrected chi connectivity index (χ3v) is 4.46. The van der Waals surface area contributed by atoms with Crippen LogP contribution < -0.4 is 5.56 Å². The number of rotatable bonds is 3. The molecule has 4 rings (SSSR count). The predicted molar refractivity (Wildman–Crippen MR) is 87.1 cm³/mol. The molecule has 6 nitrogen and oxygen atoms in total. The fourth-order valence-electron chi connectivity index (χ4n) is 3.40. The van der Waals surface area contributed by atoms with Crippen LogP contribution in [0.2, 0.25) is 0 Å². The molecule has 6 heteroatoms. The maximum absolute atomic E-state index is 12.2. The first-order valence-electron chi connectivity index (χ1n) is 7.90. The van der Waals surface area contributed by atoms with Gasteiger partial charge in [0.05, 0.1) is 11.9 Å². The summed E-state index contributed by atoms with van der Waals surface area (Å²) in [5.41, 5.74) is 2.74. The van der Waals surface area contributed by atoms with Crippen LogP contribution in [0.5, 0.6) is 0 Å². The molecule has 1 fully saturated rings. The summed E-state index contributed by atoms with van der Waals surface area (Å²) in [5, 5.41) is 4.28. The first-order chi connectivity index (χ1) is 11.2. The molecule has 4 heterocycles. The number of aryl methyl sites for hydroxylation is 1. The van der Waals surface area contributed by atoms with Crippen molar-refractivity contribution in [3.63, 3.8) is 0 Å². The van der Waals surface area contributed by atoms with Crippen molar-refractivity contribution in [1.82, 2.24) is 24.1 Å². The van der Waals surface area contributed by atoms with E-state index in [9.17, 15) is 4.79 Å². The van der Waals surface area contributed by atoms with Crippen LogP contribution in [0.3, 0.4) is 0 Å². The zero-order valence-electron chi connectivity index (χ0n) is 13.1. The van der Waals surface area contributed by atoms with Crippen LogP contribution in [0, 0.1) is 0 Å². The zero-order chi connectivity index (χ0) is 15.8. The van der Waals surface area contributed by atoms with E-state index in [-0.39, 0.29) is 5.56 Å². The van der Waals surface area contributed by atoms with Gasteiger partial charge in [-0.3, -0.25) is 18.8 Å². The molecule has 1 atom stereocenters. The first-order valence-corrected chi connectivity index (χ1v) is 7.90. The quantitative estimate of drug-likeness (QED) is 0.740. The van der Waals surface area contributed by atoms with E-state index in [2.05, 4.69) is 21.2 Å². The van der Waals surface area contributed by atoms with Crippen LogP contribution in [-0.2, 0) is 13.6 Å². The van der Waals surface area contributed by atoms with E-state index >= 15 is 0 Å². The molecule has 0 aliphatic carbocycles. The molecule has 1 aliphatic rings. The number of aromatic nitrogens is 4. The molecule has 23 heavy (non-hydrogen) atoms. The van der Waals surface area contributed by atoms with Crippen LogP contribution in [0.1, 0.15) is 30.1 Å². The van der Waals surface area contributed by atoms with Gasteiger partial charge in [-0.15, -0.1) is 0 Å². The van der Waals surface area contributed by atoms with Crippen molar-refractivity contribution >= 4 is 5.65 Å². The third kappa shape index (κ3) is 2.66. The zero-order valence-corrected chi connectivity index (χ0v) is 13.1. The molecule has 0 aromatic carbocycles. The lowest BCUT2D eigenvalue weighted by Crippen LogP contribution is -2.25. The molecule has 118 valence electrons. The van der Waals surface area contributed by atoms with E-state index < -0.39 is 0 Å². The number of likely N-dealkylation sites (tertiary alicyclic amines) is 1. The highest BCUT2D eigenvalue weighted by Gasteiger charge is 2.27. The van der Waals surface area contributed by atoms with Crippen molar-refractivity contribution in [1.29, 1.82) is 0 Å². The van der Waals surface area contributed by atoms with Gasteiger partial charge in [-0.1, -0.05) is 6.07 Å². The Balaban J connectivity index is 1.63. The maximum Gasteiger partial charge on any atom is 0.258 e. The monoisotopic (exact) mass is 309 g/mol. The second kappa shape index (κ2) is 5.62. The molecular weight excluding hydrogens is 290 g/mol. The van der Waals surface area contributed by atoms with Crippen molar-refractivity contribution in [2.24, 2.45) is 7.05 Å². The highest BCUT2D eigenvalue weighted by atomic mass is 16.1. The normalized spacial score (nSPS) is 18.7. The summed E-state index contributed by atoms with van der Waals surface area (Å²) in [7, 11) is 1.94. The molecule has 0 amide bonds. The molecule has 0 radical (unpaired) electrons. The first kappa shape index (κ1) is 14.1. The summed E-state index contributed by atoms with van der Waals surface area (Å²) in [4.78, 5) is 19.2. The van der Waals surface area contributed by atoms with Gasteiger partial charge in [0.1, 0.15) is 5.65 Å². The van der Waals surface area contributed by atoms with Crippen molar-refractivity contribution in [2.45, 2.75) is 25.4 Å². The van der Waals surface area contributed by atoms with Crippen molar-refractivity contribution in [3.8, 4) is 0 Å². The van der Waals surface area contributed by atoms with E-state index in [0.717, 1.165) is 25.1 Å². The lowest BCUT2D eigenvalue weighted by molar-refractivity contribution is 0.245. The van der Waals surface area contributed by atoms with Gasteiger partial charge in [0.2, 0.25) is 0 Å². The third-order valence-electron chi connectivity index (χ3n) is 4.46. The van der Waals surface area contributed by atoms with Crippen LogP contribution in [0.4, 0.5) is 0 Å². The fraction of sp³-hybridized carbons (Fsp3) is 0.353. The van der Waals surface area contributed by atoms with E-state index in [1.807, 2.05) is 36.1 Å². The van der Waals surface area contributed by atoms with Crippen LogP contribution >= 0.6 is 0 Å². The Kier molecular flexibility index (Phi) is 3.46. The molecule has 0 saturated carbocycles. The summed E-state index contributed by atoms with van der Waals surface area (Å²) in [6, 6.07) is 7.62. The van der Waals surface area contributed by atoms with E-state index in [4.69, 9.17) is 0 Å². The Morgan fingerprint density at radius 3 is 3.09 bits per heavy atom. The Hall–Kier alpha value is -2.47. The van der Waals surface area contributed by atoms with Gasteiger partial charge in [-0.2, -0.15) is 5.10 Å². The van der Waals surface area contributed by atoms with Crippen LogP contribution in [0.25, 0.3) is 5.65 Å². The summed E-state index contributed by atoms with van der Waals surface area (Å²) < 4.78 is 3.42. The lowest BCUT2D eigenvalue weighted by atomic mass is 10.1. The highest BCUT2D eigenvalue weighted by Crippen LogP contribution is 2.32. The van der Waals surface area contributed by atoms with Gasteiger partial charge < -0.3 is 0 Å². The predicted octanol–water partition coefficient (Wildman–Crippen LogP) is 1.77. The average molecular weight is 309 g/mol. The van der Waals surface area contributed by atoms with Gasteiger partial charge in [0.25, 0.3) is 5.56 Å². The van der Waals surface area contributed by atoms with Gasteiger partial charge in [-0.25, -0.2) is 4.98 Å². The number of pyridine rings is 1. The number of hydrogen-bond acceptors (Lipinski definition) is 4. The van der Waals surface area contributed by atoms with E-state index in [1.54, 1.807) is 16.7 Å². The van der Waals surface area contributed by atoms with Gasteiger partial charge in [0.15, 0.2) is 0 Å². The van der Waals surface area contributed by atoms with E-state index in [1.165, 1.54) is 5.56 Å². The second-order valence-corrected chi connectivity index (χ2v) is 6.09. The minimum atomic E-state index is -0.0253. The summed E-state index contributed by atoms with van der Waals surface area (Å²) in [6.45, 7) is 1.72. The fourth-order valence-corrected chi connectivity index (χ4v) is 3.40. The van der Waals surface area contributed by atoms with Crippen LogP contribution in [-0.4, -0.2) is 30.6 Å². The standard InChI is InChI=1S/C17H19N5O/c1-20-11-13(10-18-20)15-5-4-7-21(15)12-14-9-17(23)22-8-3-2-6-16(22)19-14/h2-3,6,8-11,15H,4-5,7,12H2,1H3/t15-/m1/s1. The van der Waals surface area contributed by atoms with Crippen molar-refractivity contribution in [3.05, 3.63) is 64.5 Å². The van der Waals surface area contributed by atoms with Gasteiger partial charge in [0, 0.05) is 43.7 Å². The molecule has 0 spiro atoms. The molecule has 3 aromatic heterocycles. The van der Waals surface area contributed by atoms with Crippen molar-refractivity contribution in [2.75, 3.05) is 6.54 Å². The minimum Gasteiger partial charge on any atom is -0.290 e. The minimum absolute atomic E-state index is 0.0253. The lowest BCUT2D eigenvalue weighted by Gasteiger charge is -2.23. The summed E-state index contributed by atoms with van der Waals surface area (Å²) >= 11 is 0. The number of nitrogens with zero attached hydrogens (tertiary/aromatic N) is 5. The highest BCUT2D eigenvalue weighted by molar-refractivity contribution is 5.38. The molecule has 0 N–H and O–H groups in total.